The molecule has 1 fully saturated rings. The maximum Gasteiger partial charge on any atom is 0.267 e. The molecule has 19 heavy (non-hydrogen) atoms. The molecule has 7 heteroatoms. The van der Waals surface area contributed by atoms with Crippen molar-refractivity contribution in [2.24, 2.45) is 24.0 Å². The van der Waals surface area contributed by atoms with Crippen LogP contribution in [0, 0.1) is 11.8 Å². The van der Waals surface area contributed by atoms with Crippen molar-refractivity contribution >= 4 is 15.9 Å². The fourth-order valence-corrected chi connectivity index (χ4v) is 2.67. The molecule has 1 aliphatic carbocycles. The van der Waals surface area contributed by atoms with Gasteiger partial charge in [0.15, 0.2) is 0 Å². The molecule has 0 radical (unpaired) electrons. The number of sulfonamides is 1. The van der Waals surface area contributed by atoms with Crippen molar-refractivity contribution in [3.63, 3.8) is 0 Å². The number of carbonyl (C=O) groups excluding carboxylic acids is 1. The zero-order valence-electron chi connectivity index (χ0n) is 11.1. The van der Waals surface area contributed by atoms with Crippen molar-refractivity contribution in [2.45, 2.75) is 24.7 Å². The molecule has 3 N–H and O–H groups in total. The molecule has 1 aliphatic rings. The van der Waals surface area contributed by atoms with Crippen molar-refractivity contribution in [1.29, 1.82) is 0 Å². The molecule has 0 aromatic carbocycles. The van der Waals surface area contributed by atoms with Crippen LogP contribution >= 0.6 is 0 Å². The minimum atomic E-state index is -3.77. The number of nitrogens with one attached hydrogen (secondary N) is 1. The highest BCUT2D eigenvalue weighted by Crippen LogP contribution is 2.36. The van der Waals surface area contributed by atoms with Gasteiger partial charge in [-0.1, -0.05) is 6.92 Å². The Kier molecular flexibility index (Phi) is 3.69. The Morgan fingerprint density at radius 3 is 2.68 bits per heavy atom. The van der Waals surface area contributed by atoms with Crippen LogP contribution in [0.4, 0.5) is 0 Å². The van der Waals surface area contributed by atoms with E-state index >= 15 is 0 Å². The van der Waals surface area contributed by atoms with Gasteiger partial charge in [-0.25, -0.2) is 13.6 Å². The highest BCUT2D eigenvalue weighted by atomic mass is 32.2. The number of hydrogen-bond donors (Lipinski definition) is 2. The summed E-state index contributed by atoms with van der Waals surface area (Å²) in [4.78, 5) is 11.9. The minimum absolute atomic E-state index is 0.0459. The Morgan fingerprint density at radius 1 is 1.58 bits per heavy atom. The summed E-state index contributed by atoms with van der Waals surface area (Å²) < 4.78 is 23.9. The first-order valence-corrected chi connectivity index (χ1v) is 7.81. The molecule has 0 bridgehead atoms. The first-order valence-electron chi connectivity index (χ1n) is 6.26. The average molecular weight is 285 g/mol. The fraction of sp³-hybridized carbons (Fsp3) is 0.583. The van der Waals surface area contributed by atoms with E-state index < -0.39 is 10.0 Å². The van der Waals surface area contributed by atoms with E-state index in [4.69, 9.17) is 5.14 Å². The number of carbonyl (C=O) groups is 1. The van der Waals surface area contributed by atoms with E-state index in [-0.39, 0.29) is 10.8 Å². The van der Waals surface area contributed by atoms with Crippen LogP contribution in [-0.4, -0.2) is 25.4 Å². The average Bonchev–Trinajstić information content (AvgIpc) is 3.07. The molecule has 1 aromatic rings. The van der Waals surface area contributed by atoms with Crippen LogP contribution in [0.25, 0.3) is 0 Å². The van der Waals surface area contributed by atoms with Gasteiger partial charge in [0.25, 0.3) is 5.91 Å². The maximum atomic E-state index is 12.0. The second-order valence-corrected chi connectivity index (χ2v) is 6.80. The van der Waals surface area contributed by atoms with E-state index in [1.165, 1.54) is 29.7 Å². The lowest BCUT2D eigenvalue weighted by atomic mass is 10.1. The van der Waals surface area contributed by atoms with Gasteiger partial charge in [0.05, 0.1) is 0 Å². The van der Waals surface area contributed by atoms with Gasteiger partial charge in [0.2, 0.25) is 10.0 Å². The van der Waals surface area contributed by atoms with E-state index in [1.54, 1.807) is 7.05 Å². The van der Waals surface area contributed by atoms with Crippen LogP contribution in [0.1, 0.15) is 30.3 Å². The molecule has 106 valence electrons. The molecule has 1 amide bonds. The van der Waals surface area contributed by atoms with Gasteiger partial charge in [0, 0.05) is 19.8 Å². The van der Waals surface area contributed by atoms with Crippen molar-refractivity contribution in [3.05, 3.63) is 18.0 Å². The standard InChI is InChI=1S/C12H19N3O3S/c1-8(9-3-4-9)6-14-12(16)11-5-10(7-15(11)2)19(13,17)18/h5,7-9H,3-4,6H2,1-2H3,(H,14,16)(H2,13,17,18). The largest absolute Gasteiger partial charge is 0.350 e. The Morgan fingerprint density at radius 2 is 2.21 bits per heavy atom. The van der Waals surface area contributed by atoms with Gasteiger partial charge >= 0.3 is 0 Å². The Hall–Kier alpha value is -1.34. The van der Waals surface area contributed by atoms with Gasteiger partial charge in [0.1, 0.15) is 10.6 Å². The molecule has 0 spiro atoms. The molecule has 0 saturated heterocycles. The summed E-state index contributed by atoms with van der Waals surface area (Å²) in [5, 5.41) is 7.87. The van der Waals surface area contributed by atoms with E-state index in [1.807, 2.05) is 0 Å². The number of primary sulfonamides is 1. The first-order chi connectivity index (χ1) is 8.79. The lowest BCUT2D eigenvalue weighted by Crippen LogP contribution is -2.30. The molecule has 1 saturated carbocycles. The number of aryl methyl sites for hydroxylation is 1. The summed E-state index contributed by atoms with van der Waals surface area (Å²) >= 11 is 0. The Balaban J connectivity index is 2.04. The van der Waals surface area contributed by atoms with E-state index in [2.05, 4.69) is 12.2 Å². The van der Waals surface area contributed by atoms with Crippen molar-refractivity contribution in [3.8, 4) is 0 Å². The summed E-state index contributed by atoms with van der Waals surface area (Å²) in [7, 11) is -2.15. The number of nitrogens with two attached hydrogens (primary N) is 1. The highest BCUT2D eigenvalue weighted by Gasteiger charge is 2.28. The quantitative estimate of drug-likeness (QED) is 0.822. The second-order valence-electron chi connectivity index (χ2n) is 5.24. The van der Waals surface area contributed by atoms with E-state index in [0.29, 0.717) is 24.1 Å². The molecular formula is C12H19N3O3S. The highest BCUT2D eigenvalue weighted by molar-refractivity contribution is 7.89. The van der Waals surface area contributed by atoms with Crippen molar-refractivity contribution in [2.75, 3.05) is 6.54 Å². The van der Waals surface area contributed by atoms with Gasteiger partial charge in [-0.15, -0.1) is 0 Å². The number of amides is 1. The summed E-state index contributed by atoms with van der Waals surface area (Å²) in [6.45, 7) is 2.72. The first kappa shape index (κ1) is 14.1. The molecule has 1 unspecified atom stereocenters. The van der Waals surface area contributed by atoms with Crippen LogP contribution in [-0.2, 0) is 17.1 Å². The van der Waals surface area contributed by atoms with Crippen LogP contribution in [0.5, 0.6) is 0 Å². The summed E-state index contributed by atoms with van der Waals surface area (Å²) in [6, 6.07) is 1.30. The number of hydrogen-bond acceptors (Lipinski definition) is 3. The third-order valence-corrected chi connectivity index (χ3v) is 4.43. The van der Waals surface area contributed by atoms with Gasteiger partial charge in [-0.05, 0) is 30.7 Å². The van der Waals surface area contributed by atoms with Crippen molar-refractivity contribution < 1.29 is 13.2 Å². The molecule has 1 atom stereocenters. The molecule has 2 rings (SSSR count). The number of rotatable bonds is 5. The van der Waals surface area contributed by atoms with Crippen LogP contribution < -0.4 is 10.5 Å². The normalized spacial score (nSPS) is 17.2. The Bertz CT molecular complexity index is 587. The van der Waals surface area contributed by atoms with E-state index in [9.17, 15) is 13.2 Å². The predicted octanol–water partition coefficient (Wildman–Crippen LogP) is 0.448. The number of aromatic nitrogens is 1. The minimum Gasteiger partial charge on any atom is -0.350 e. The lowest BCUT2D eigenvalue weighted by molar-refractivity contribution is 0.0938. The molecule has 1 aromatic heterocycles. The van der Waals surface area contributed by atoms with Crippen LogP contribution in [0.2, 0.25) is 0 Å². The summed E-state index contributed by atoms with van der Waals surface area (Å²) in [5.41, 5.74) is 0.298. The smallest absolute Gasteiger partial charge is 0.267 e. The molecule has 1 heterocycles. The van der Waals surface area contributed by atoms with Crippen LogP contribution in [0.3, 0.4) is 0 Å². The van der Waals surface area contributed by atoms with E-state index in [0.717, 1.165) is 0 Å². The van der Waals surface area contributed by atoms with Crippen molar-refractivity contribution in [1.82, 2.24) is 9.88 Å². The van der Waals surface area contributed by atoms with Gasteiger partial charge < -0.3 is 9.88 Å². The second kappa shape index (κ2) is 4.97. The topological polar surface area (TPSA) is 94.2 Å². The lowest BCUT2D eigenvalue weighted by Gasteiger charge is -2.11. The maximum absolute atomic E-state index is 12.0. The zero-order chi connectivity index (χ0) is 14.2. The fourth-order valence-electron chi connectivity index (χ4n) is 2.09. The third-order valence-electron chi connectivity index (χ3n) is 3.55. The number of nitrogens with zero attached hydrogens (tertiary/aromatic N) is 1. The van der Waals surface area contributed by atoms with Crippen LogP contribution in [0.15, 0.2) is 17.2 Å². The van der Waals surface area contributed by atoms with Gasteiger partial charge in [-0.3, -0.25) is 4.79 Å². The predicted molar refractivity (Wildman–Crippen MR) is 71.0 cm³/mol. The summed E-state index contributed by atoms with van der Waals surface area (Å²) in [6.07, 6.45) is 3.81. The summed E-state index contributed by atoms with van der Waals surface area (Å²) in [5.74, 6) is 0.903. The Labute approximate surface area is 113 Å². The SMILES string of the molecule is CC(CNC(=O)c1cc(S(N)(=O)=O)cn1C)C1CC1. The third kappa shape index (κ3) is 3.36. The van der Waals surface area contributed by atoms with Gasteiger partial charge in [-0.2, -0.15) is 0 Å². The molecule has 0 aliphatic heterocycles. The zero-order valence-corrected chi connectivity index (χ0v) is 11.9. The monoisotopic (exact) mass is 285 g/mol. The molecule has 6 nitrogen and oxygen atoms in total. The molecular weight excluding hydrogens is 266 g/mol.